The molecule has 2 aromatic rings. The van der Waals surface area contributed by atoms with Gasteiger partial charge in [-0.1, -0.05) is 86.7 Å². The third kappa shape index (κ3) is 4.05. The van der Waals surface area contributed by atoms with E-state index < -0.39 is 5.60 Å². The van der Waals surface area contributed by atoms with Gasteiger partial charge in [-0.3, -0.25) is 0 Å². The predicted octanol–water partition coefficient (Wildman–Crippen LogP) is 4.07. The zero-order valence-corrected chi connectivity index (χ0v) is 17.4. The molecule has 148 valence electrons. The van der Waals surface area contributed by atoms with E-state index in [4.69, 9.17) is 4.74 Å². The van der Waals surface area contributed by atoms with E-state index in [1.54, 1.807) is 0 Å². The first-order chi connectivity index (χ1) is 13.9. The summed E-state index contributed by atoms with van der Waals surface area (Å²) in [6.07, 6.45) is 15.4. The fourth-order valence-corrected chi connectivity index (χ4v) is 3.96. The molecule has 1 N–H and O–H groups in total. The molecule has 2 nitrogen and oxygen atoms in total. The number of aliphatic hydroxyl groups is 1. The fraction of sp³-hybridized carbons (Fsp3) is 0.259. The van der Waals surface area contributed by atoms with E-state index in [-0.39, 0.29) is 12.0 Å². The van der Waals surface area contributed by atoms with Crippen LogP contribution in [0, 0.1) is 5.41 Å². The standard InChI is InChI=1S/C27H28O2/c1-26(2)14-11-20-8-6-10-24(23(20)12-15-26)25-13-16-27(3,29-18-17-28)19-21-7-4-5-9-22(21)25/h4-16,19,28H,17-18H2,1-3H3. The van der Waals surface area contributed by atoms with E-state index in [1.165, 1.54) is 27.5 Å². The molecule has 4 rings (SSSR count). The monoisotopic (exact) mass is 384 g/mol. The van der Waals surface area contributed by atoms with Crippen LogP contribution >= 0.6 is 0 Å². The summed E-state index contributed by atoms with van der Waals surface area (Å²) in [5.74, 6) is 0. The van der Waals surface area contributed by atoms with Gasteiger partial charge in [0, 0.05) is 5.41 Å². The van der Waals surface area contributed by atoms with E-state index in [9.17, 15) is 5.11 Å². The Morgan fingerprint density at radius 1 is 0.862 bits per heavy atom. The van der Waals surface area contributed by atoms with Crippen LogP contribution in [-0.2, 0) is 4.74 Å². The first kappa shape index (κ1) is 19.6. The summed E-state index contributed by atoms with van der Waals surface area (Å²) in [7, 11) is 0. The maximum absolute atomic E-state index is 9.23. The fourth-order valence-electron chi connectivity index (χ4n) is 3.96. The van der Waals surface area contributed by atoms with Gasteiger partial charge in [0.15, 0.2) is 0 Å². The summed E-state index contributed by atoms with van der Waals surface area (Å²) >= 11 is 0. The third-order valence-electron chi connectivity index (χ3n) is 5.58. The van der Waals surface area contributed by atoms with Gasteiger partial charge in [-0.05, 0) is 51.8 Å². The van der Waals surface area contributed by atoms with Crippen molar-refractivity contribution in [2.75, 3.05) is 13.2 Å². The second-order valence-corrected chi connectivity index (χ2v) is 8.53. The van der Waals surface area contributed by atoms with E-state index >= 15 is 0 Å². The van der Waals surface area contributed by atoms with Crippen molar-refractivity contribution >= 4 is 23.8 Å². The Balaban J connectivity index is 1.95. The molecular formula is C27H28O2. The van der Waals surface area contributed by atoms with Gasteiger partial charge in [-0.25, -0.2) is 0 Å². The molecule has 0 heterocycles. The topological polar surface area (TPSA) is 29.5 Å². The lowest BCUT2D eigenvalue weighted by atomic mass is 9.92. The van der Waals surface area contributed by atoms with E-state index in [1.807, 2.05) is 6.92 Å². The van der Waals surface area contributed by atoms with Crippen LogP contribution in [0.4, 0.5) is 0 Å². The number of hydrogen-bond acceptors (Lipinski definition) is 2. The molecule has 29 heavy (non-hydrogen) atoms. The lowest BCUT2D eigenvalue weighted by Gasteiger charge is -2.22. The highest BCUT2D eigenvalue weighted by molar-refractivity contribution is 5.85. The molecule has 0 saturated carbocycles. The largest absolute Gasteiger partial charge is 0.394 e. The average Bonchev–Trinajstić information content (AvgIpc) is 2.96. The highest BCUT2D eigenvalue weighted by atomic mass is 16.5. The van der Waals surface area contributed by atoms with Crippen LogP contribution in [0.5, 0.6) is 0 Å². The minimum absolute atomic E-state index is 0.00853. The number of benzene rings is 2. The Labute approximate surface area is 172 Å². The summed E-state index contributed by atoms with van der Waals surface area (Å²) < 4.78 is 5.97. The Morgan fingerprint density at radius 3 is 2.48 bits per heavy atom. The van der Waals surface area contributed by atoms with Gasteiger partial charge >= 0.3 is 0 Å². The quantitative estimate of drug-likeness (QED) is 0.861. The maximum atomic E-state index is 9.23. The number of allylic oxidation sites excluding steroid dienone is 3. The molecule has 0 amide bonds. The van der Waals surface area contributed by atoms with Crippen LogP contribution < -0.4 is 10.4 Å². The number of aliphatic hydroxyl groups excluding tert-OH is 1. The van der Waals surface area contributed by atoms with Crippen molar-refractivity contribution in [3.63, 3.8) is 0 Å². The Morgan fingerprint density at radius 2 is 1.66 bits per heavy atom. The number of hydrogen-bond donors (Lipinski definition) is 1. The smallest absolute Gasteiger partial charge is 0.103 e. The summed E-state index contributed by atoms with van der Waals surface area (Å²) in [5, 5.41) is 11.6. The molecule has 0 bridgehead atoms. The first-order valence-corrected chi connectivity index (χ1v) is 10.2. The molecule has 2 aliphatic carbocycles. The van der Waals surface area contributed by atoms with Gasteiger partial charge in [0.25, 0.3) is 0 Å². The molecule has 0 aromatic heterocycles. The minimum atomic E-state index is -0.565. The molecule has 0 aliphatic heterocycles. The predicted molar refractivity (Wildman–Crippen MR) is 122 cm³/mol. The normalized spacial score (nSPS) is 21.7. The third-order valence-corrected chi connectivity index (χ3v) is 5.58. The van der Waals surface area contributed by atoms with Gasteiger partial charge < -0.3 is 9.84 Å². The van der Waals surface area contributed by atoms with Crippen LogP contribution in [0.15, 0.2) is 66.8 Å². The molecule has 1 unspecified atom stereocenters. The van der Waals surface area contributed by atoms with Crippen molar-refractivity contribution in [1.29, 1.82) is 0 Å². The summed E-state index contributed by atoms with van der Waals surface area (Å²) in [4.78, 5) is 0. The Hall–Kier alpha value is -2.68. The minimum Gasteiger partial charge on any atom is -0.394 e. The lowest BCUT2D eigenvalue weighted by molar-refractivity contribution is 0.0276. The van der Waals surface area contributed by atoms with Crippen molar-refractivity contribution in [2.45, 2.75) is 26.4 Å². The van der Waals surface area contributed by atoms with Crippen LogP contribution in [0.1, 0.15) is 37.5 Å². The van der Waals surface area contributed by atoms with Gasteiger partial charge in [0.2, 0.25) is 0 Å². The zero-order valence-electron chi connectivity index (χ0n) is 17.4. The molecule has 0 spiro atoms. The van der Waals surface area contributed by atoms with Crippen LogP contribution in [0.3, 0.4) is 0 Å². The van der Waals surface area contributed by atoms with Crippen LogP contribution in [-0.4, -0.2) is 23.9 Å². The Bertz CT molecular complexity index is 1130. The molecule has 2 aliphatic rings. The number of rotatable bonds is 4. The van der Waals surface area contributed by atoms with Crippen LogP contribution in [0.25, 0.3) is 23.8 Å². The van der Waals surface area contributed by atoms with E-state index in [0.717, 1.165) is 5.22 Å². The van der Waals surface area contributed by atoms with Crippen LogP contribution in [0.2, 0.25) is 0 Å². The van der Waals surface area contributed by atoms with Crippen molar-refractivity contribution < 1.29 is 9.84 Å². The lowest BCUT2D eigenvalue weighted by Crippen LogP contribution is -2.32. The average molecular weight is 385 g/mol. The van der Waals surface area contributed by atoms with E-state index in [0.29, 0.717) is 6.61 Å². The molecule has 2 aromatic carbocycles. The molecule has 0 radical (unpaired) electrons. The highest BCUT2D eigenvalue weighted by Gasteiger charge is 2.22. The van der Waals surface area contributed by atoms with Gasteiger partial charge in [0.1, 0.15) is 5.60 Å². The van der Waals surface area contributed by atoms with Crippen molar-refractivity contribution in [3.05, 3.63) is 93.9 Å². The molecular weight excluding hydrogens is 356 g/mol. The van der Waals surface area contributed by atoms with Crippen molar-refractivity contribution in [1.82, 2.24) is 0 Å². The second-order valence-electron chi connectivity index (χ2n) is 8.53. The van der Waals surface area contributed by atoms with Gasteiger partial charge in [-0.15, -0.1) is 0 Å². The molecule has 0 saturated heterocycles. The summed E-state index contributed by atoms with van der Waals surface area (Å²) in [5.41, 5.74) is 4.33. The number of fused-ring (bicyclic) bond motifs is 2. The van der Waals surface area contributed by atoms with Gasteiger partial charge in [0.05, 0.1) is 13.2 Å². The number of ether oxygens (including phenoxy) is 1. The first-order valence-electron chi connectivity index (χ1n) is 10.2. The summed E-state index contributed by atoms with van der Waals surface area (Å²) in [6, 6.07) is 14.9. The van der Waals surface area contributed by atoms with Crippen molar-refractivity contribution in [3.8, 4) is 0 Å². The molecule has 1 atom stereocenters. The van der Waals surface area contributed by atoms with Gasteiger partial charge in [-0.2, -0.15) is 0 Å². The Kier molecular flexibility index (Phi) is 5.16. The SMILES string of the molecule is CC1(C)C=Cc2cccc(C3=c4ccccc4=CC(C)(OCCO)C=C3)c2C=C1. The molecule has 0 fully saturated rings. The highest BCUT2D eigenvalue weighted by Crippen LogP contribution is 2.32. The summed E-state index contributed by atoms with van der Waals surface area (Å²) in [6.45, 7) is 6.79. The molecule has 2 heteroatoms. The maximum Gasteiger partial charge on any atom is 0.103 e. The second kappa shape index (κ2) is 7.62. The van der Waals surface area contributed by atoms with E-state index in [2.05, 4.69) is 98.8 Å². The zero-order chi connectivity index (χ0) is 20.5. The van der Waals surface area contributed by atoms with Crippen molar-refractivity contribution in [2.24, 2.45) is 5.41 Å².